The van der Waals surface area contributed by atoms with Gasteiger partial charge in [-0.25, -0.2) is 0 Å². The smallest absolute Gasteiger partial charge is 0.250 e. The number of rotatable bonds is 6. The predicted molar refractivity (Wildman–Crippen MR) is 98.4 cm³/mol. The lowest BCUT2D eigenvalue weighted by atomic mass is 9.68. The first kappa shape index (κ1) is 17.1. The van der Waals surface area contributed by atoms with Crippen LogP contribution in [0, 0.1) is 5.41 Å². The summed E-state index contributed by atoms with van der Waals surface area (Å²) >= 11 is 0. The van der Waals surface area contributed by atoms with Crippen LogP contribution in [0.4, 0.5) is 0 Å². The molecule has 1 aromatic heterocycles. The van der Waals surface area contributed by atoms with Crippen molar-refractivity contribution in [3.8, 4) is 0 Å². The summed E-state index contributed by atoms with van der Waals surface area (Å²) in [7, 11) is 0. The van der Waals surface area contributed by atoms with Gasteiger partial charge in [0.15, 0.2) is 5.96 Å². The van der Waals surface area contributed by atoms with Crippen LogP contribution in [0.25, 0.3) is 0 Å². The summed E-state index contributed by atoms with van der Waals surface area (Å²) in [6.45, 7) is 6.98. The van der Waals surface area contributed by atoms with Crippen molar-refractivity contribution >= 4 is 5.96 Å². The number of hydrogen-bond acceptors (Lipinski definition) is 2. The minimum Gasteiger partial charge on any atom is -0.357 e. The largest absolute Gasteiger partial charge is 0.357 e. The third-order valence-corrected chi connectivity index (χ3v) is 5.45. The lowest BCUT2D eigenvalue weighted by Gasteiger charge is -2.38. The highest BCUT2D eigenvalue weighted by Crippen LogP contribution is 2.47. The van der Waals surface area contributed by atoms with E-state index in [2.05, 4.69) is 17.1 Å². The second-order valence-electron chi connectivity index (χ2n) is 7.20. The summed E-state index contributed by atoms with van der Waals surface area (Å²) in [6, 6.07) is 5.31. The fraction of sp³-hybridized carbons (Fsp3) is 0.684. The fourth-order valence-electron chi connectivity index (χ4n) is 3.85. The molecule has 1 spiro atoms. The second-order valence-corrected chi connectivity index (χ2v) is 7.20. The second kappa shape index (κ2) is 7.86. The number of nitrogens with zero attached hydrogens (tertiary/aromatic N) is 3. The molecule has 2 heterocycles. The molecular formula is C19H30N4O. The summed E-state index contributed by atoms with van der Waals surface area (Å²) in [5.74, 6) is 1.08. The zero-order valence-electron chi connectivity index (χ0n) is 14.8. The van der Waals surface area contributed by atoms with E-state index in [0.717, 1.165) is 45.0 Å². The molecule has 1 saturated carbocycles. The van der Waals surface area contributed by atoms with E-state index in [0.29, 0.717) is 5.41 Å². The molecule has 1 aromatic rings. The van der Waals surface area contributed by atoms with Crippen molar-refractivity contribution in [2.45, 2.75) is 52.0 Å². The zero-order chi connectivity index (χ0) is 16.8. The number of pyridine rings is 1. The van der Waals surface area contributed by atoms with Crippen LogP contribution in [0.3, 0.4) is 0 Å². The van der Waals surface area contributed by atoms with E-state index in [4.69, 9.17) is 4.99 Å². The average molecular weight is 330 g/mol. The minimum absolute atomic E-state index is 0.0807. The Balaban J connectivity index is 1.46. The minimum atomic E-state index is 0.0807. The molecular weight excluding hydrogens is 300 g/mol. The number of hydrogen-bond donors (Lipinski definition) is 1. The summed E-state index contributed by atoms with van der Waals surface area (Å²) in [4.78, 5) is 18.9. The number of aryl methyl sites for hydroxylation is 1. The van der Waals surface area contributed by atoms with E-state index in [9.17, 15) is 4.79 Å². The van der Waals surface area contributed by atoms with Crippen molar-refractivity contribution in [3.63, 3.8) is 0 Å². The molecule has 3 rings (SSSR count). The standard InChI is InChI=1S/C19H30N4O/c1-2-20-18(23-15-11-19(16-23)9-7-10-19)21-12-4-6-14-22-13-5-3-8-17(22)24/h3,5,8,13H,2,4,6-7,9-12,14-16H2,1H3,(H,20,21). The van der Waals surface area contributed by atoms with Crippen LogP contribution >= 0.6 is 0 Å². The van der Waals surface area contributed by atoms with Crippen LogP contribution in [0.1, 0.15) is 45.4 Å². The molecule has 5 nitrogen and oxygen atoms in total. The SMILES string of the molecule is CCNC(=NCCCCn1ccccc1=O)N1CCC2(CCC2)C1. The van der Waals surface area contributed by atoms with Gasteiger partial charge >= 0.3 is 0 Å². The molecule has 132 valence electrons. The number of likely N-dealkylation sites (tertiary alicyclic amines) is 1. The molecule has 2 fully saturated rings. The lowest BCUT2D eigenvalue weighted by molar-refractivity contribution is 0.151. The lowest BCUT2D eigenvalue weighted by Crippen LogP contribution is -2.42. The van der Waals surface area contributed by atoms with Gasteiger partial charge in [-0.3, -0.25) is 9.79 Å². The molecule has 0 bridgehead atoms. The molecule has 1 aliphatic carbocycles. The quantitative estimate of drug-likeness (QED) is 0.495. The monoisotopic (exact) mass is 330 g/mol. The molecule has 1 saturated heterocycles. The number of nitrogens with one attached hydrogen (secondary N) is 1. The first-order valence-electron chi connectivity index (χ1n) is 9.41. The van der Waals surface area contributed by atoms with Gasteiger partial charge in [0.05, 0.1) is 0 Å². The fourth-order valence-corrected chi connectivity index (χ4v) is 3.85. The Bertz CT molecular complexity index is 618. The molecule has 5 heteroatoms. The molecule has 0 unspecified atom stereocenters. The van der Waals surface area contributed by atoms with Crippen molar-refractivity contribution in [1.29, 1.82) is 0 Å². The Hall–Kier alpha value is -1.78. The maximum absolute atomic E-state index is 11.7. The molecule has 0 radical (unpaired) electrons. The van der Waals surface area contributed by atoms with Gasteiger partial charge < -0.3 is 14.8 Å². The highest BCUT2D eigenvalue weighted by atomic mass is 16.1. The molecule has 0 atom stereocenters. The van der Waals surface area contributed by atoms with E-state index in [-0.39, 0.29) is 5.56 Å². The number of aliphatic imine (C=N–C) groups is 1. The van der Waals surface area contributed by atoms with Gasteiger partial charge in [-0.2, -0.15) is 0 Å². The highest BCUT2D eigenvalue weighted by molar-refractivity contribution is 5.80. The molecule has 0 amide bonds. The third-order valence-electron chi connectivity index (χ3n) is 5.45. The molecule has 1 N–H and O–H groups in total. The normalized spacial score (nSPS) is 19.5. The van der Waals surface area contributed by atoms with Crippen molar-refractivity contribution < 1.29 is 0 Å². The Kier molecular flexibility index (Phi) is 5.59. The Morgan fingerprint density at radius 1 is 1.29 bits per heavy atom. The van der Waals surface area contributed by atoms with Gasteiger partial charge in [0.2, 0.25) is 5.56 Å². The van der Waals surface area contributed by atoms with Crippen LogP contribution in [0.15, 0.2) is 34.2 Å². The number of guanidine groups is 1. The van der Waals surface area contributed by atoms with E-state index in [1.165, 1.54) is 32.2 Å². The summed E-state index contributed by atoms with van der Waals surface area (Å²) in [5.41, 5.74) is 0.683. The van der Waals surface area contributed by atoms with Crippen LogP contribution < -0.4 is 10.9 Å². The molecule has 2 aliphatic rings. The topological polar surface area (TPSA) is 49.6 Å². The third kappa shape index (κ3) is 4.00. The van der Waals surface area contributed by atoms with Crippen LogP contribution in [0.2, 0.25) is 0 Å². The van der Waals surface area contributed by atoms with Crippen molar-refractivity contribution in [2.24, 2.45) is 10.4 Å². The maximum atomic E-state index is 11.7. The Labute approximate surface area is 144 Å². The number of aromatic nitrogens is 1. The predicted octanol–water partition coefficient (Wildman–Crippen LogP) is 2.47. The van der Waals surface area contributed by atoms with Crippen LogP contribution in [0.5, 0.6) is 0 Å². The van der Waals surface area contributed by atoms with E-state index < -0.39 is 0 Å². The Morgan fingerprint density at radius 2 is 2.17 bits per heavy atom. The number of unbranched alkanes of at least 4 members (excludes halogenated alkanes) is 1. The van der Waals surface area contributed by atoms with Crippen LogP contribution in [-0.2, 0) is 6.54 Å². The van der Waals surface area contributed by atoms with Crippen LogP contribution in [-0.4, -0.2) is 41.6 Å². The first-order valence-corrected chi connectivity index (χ1v) is 9.41. The molecule has 24 heavy (non-hydrogen) atoms. The molecule has 0 aromatic carbocycles. The summed E-state index contributed by atoms with van der Waals surface area (Å²) in [5, 5.41) is 3.45. The summed E-state index contributed by atoms with van der Waals surface area (Å²) < 4.78 is 1.77. The maximum Gasteiger partial charge on any atom is 0.250 e. The van der Waals surface area contributed by atoms with E-state index in [1.807, 2.05) is 12.3 Å². The molecule has 1 aliphatic heterocycles. The van der Waals surface area contributed by atoms with Gasteiger partial charge in [0.25, 0.3) is 0 Å². The highest BCUT2D eigenvalue weighted by Gasteiger charge is 2.43. The van der Waals surface area contributed by atoms with Gasteiger partial charge in [-0.1, -0.05) is 12.5 Å². The van der Waals surface area contributed by atoms with Gasteiger partial charge in [-0.15, -0.1) is 0 Å². The van der Waals surface area contributed by atoms with Crippen molar-refractivity contribution in [1.82, 2.24) is 14.8 Å². The summed E-state index contributed by atoms with van der Waals surface area (Å²) in [6.07, 6.45) is 9.38. The zero-order valence-corrected chi connectivity index (χ0v) is 14.8. The van der Waals surface area contributed by atoms with Gasteiger partial charge in [-0.05, 0) is 50.5 Å². The van der Waals surface area contributed by atoms with Gasteiger partial charge in [0.1, 0.15) is 0 Å². The first-order chi connectivity index (χ1) is 11.7. The van der Waals surface area contributed by atoms with Crippen molar-refractivity contribution in [2.75, 3.05) is 26.2 Å². The van der Waals surface area contributed by atoms with E-state index in [1.54, 1.807) is 16.7 Å². The van der Waals surface area contributed by atoms with E-state index >= 15 is 0 Å². The van der Waals surface area contributed by atoms with Crippen molar-refractivity contribution in [3.05, 3.63) is 34.7 Å². The van der Waals surface area contributed by atoms with Gasteiger partial charge in [0, 0.05) is 45.0 Å². The average Bonchev–Trinajstić information content (AvgIpc) is 3.01. The Morgan fingerprint density at radius 3 is 2.83 bits per heavy atom.